The molecule has 0 aliphatic rings. The van der Waals surface area contributed by atoms with Gasteiger partial charge >= 0.3 is 0 Å². The van der Waals surface area contributed by atoms with Crippen LogP contribution in [0.25, 0.3) is 11.0 Å². The van der Waals surface area contributed by atoms with Gasteiger partial charge in [-0.15, -0.1) is 0 Å². The van der Waals surface area contributed by atoms with Gasteiger partial charge in [0.05, 0.1) is 16.6 Å². The summed E-state index contributed by atoms with van der Waals surface area (Å²) in [5.74, 6) is -0.979. The number of carbonyl (C=O) groups is 1. The molecule has 0 atom stereocenters. The van der Waals surface area contributed by atoms with Crippen LogP contribution in [0.3, 0.4) is 0 Å². The maximum Gasteiger partial charge on any atom is 0.260 e. The molecule has 100 valence electrons. The van der Waals surface area contributed by atoms with Crippen LogP contribution in [0.15, 0.2) is 42.5 Å². The minimum absolute atomic E-state index is 0.0837. The minimum atomic E-state index is -0.668. The fourth-order valence-electron chi connectivity index (χ4n) is 1.90. The highest BCUT2D eigenvalue weighted by Gasteiger charge is 2.13. The minimum Gasteiger partial charge on any atom is -0.399 e. The smallest absolute Gasteiger partial charge is 0.260 e. The molecule has 0 bridgehead atoms. The summed E-state index contributed by atoms with van der Waals surface area (Å²) in [6.07, 6.45) is 0. The zero-order valence-electron chi connectivity index (χ0n) is 10.4. The Kier molecular flexibility index (Phi) is 2.83. The summed E-state index contributed by atoms with van der Waals surface area (Å²) < 4.78 is 13.6. The summed E-state index contributed by atoms with van der Waals surface area (Å²) in [5.41, 5.74) is 7.14. The number of imidazole rings is 1. The first-order valence-corrected chi connectivity index (χ1v) is 5.94. The highest BCUT2D eigenvalue weighted by atomic mass is 19.1. The molecule has 20 heavy (non-hydrogen) atoms. The van der Waals surface area contributed by atoms with Crippen LogP contribution in [0, 0.1) is 5.82 Å². The number of nitrogens with two attached hydrogens (primary N) is 1. The number of rotatable bonds is 2. The van der Waals surface area contributed by atoms with Gasteiger partial charge in [-0.1, -0.05) is 12.1 Å². The first kappa shape index (κ1) is 12.2. The van der Waals surface area contributed by atoms with E-state index in [0.29, 0.717) is 0 Å². The van der Waals surface area contributed by atoms with Crippen molar-refractivity contribution in [2.45, 2.75) is 0 Å². The molecule has 2 aromatic carbocycles. The van der Waals surface area contributed by atoms with Gasteiger partial charge in [0.25, 0.3) is 5.91 Å². The number of hydrogen-bond donors (Lipinski definition) is 3. The van der Waals surface area contributed by atoms with Gasteiger partial charge in [0.15, 0.2) is 0 Å². The number of benzene rings is 2. The number of aromatic amines is 1. The predicted molar refractivity (Wildman–Crippen MR) is 74.9 cm³/mol. The van der Waals surface area contributed by atoms with Crippen molar-refractivity contribution in [3.8, 4) is 0 Å². The van der Waals surface area contributed by atoms with Crippen molar-refractivity contribution < 1.29 is 9.18 Å². The first-order chi connectivity index (χ1) is 9.63. The molecule has 6 heteroatoms. The van der Waals surface area contributed by atoms with Crippen LogP contribution in [0.4, 0.5) is 16.0 Å². The Hall–Kier alpha value is -2.89. The number of aromatic nitrogens is 2. The van der Waals surface area contributed by atoms with E-state index in [1.165, 1.54) is 12.1 Å². The number of amides is 1. The van der Waals surface area contributed by atoms with E-state index in [0.717, 1.165) is 17.1 Å². The molecule has 0 fully saturated rings. The van der Waals surface area contributed by atoms with Crippen molar-refractivity contribution >= 4 is 28.6 Å². The maximum absolute atomic E-state index is 13.6. The van der Waals surface area contributed by atoms with Crippen LogP contribution in [-0.4, -0.2) is 15.9 Å². The Labute approximate surface area is 113 Å². The lowest BCUT2D eigenvalue weighted by atomic mass is 10.2. The number of carbonyl (C=O) groups excluding carboxylic acids is 1. The summed E-state index contributed by atoms with van der Waals surface area (Å²) in [6.45, 7) is 0. The molecule has 4 N–H and O–H groups in total. The summed E-state index contributed by atoms with van der Waals surface area (Å²) in [5, 5.41) is 2.52. The van der Waals surface area contributed by atoms with Crippen molar-refractivity contribution in [3.63, 3.8) is 0 Å². The number of anilines is 2. The van der Waals surface area contributed by atoms with Gasteiger partial charge in [-0.3, -0.25) is 10.1 Å². The Morgan fingerprint density at radius 3 is 2.80 bits per heavy atom. The molecular formula is C14H11FN4O. The second-order valence-corrected chi connectivity index (χ2v) is 4.30. The molecule has 0 aliphatic heterocycles. The van der Waals surface area contributed by atoms with E-state index < -0.39 is 11.7 Å². The number of nitrogens with one attached hydrogen (secondary N) is 2. The third-order valence-electron chi connectivity index (χ3n) is 2.86. The lowest BCUT2D eigenvalue weighted by Gasteiger charge is -2.03. The second kappa shape index (κ2) is 4.65. The molecular weight excluding hydrogens is 259 g/mol. The SMILES string of the molecule is Nc1ccc(C(=O)Nc2nc3ccccc3[nH]2)c(F)c1. The number of nitrogen functional groups attached to an aromatic ring is 1. The van der Waals surface area contributed by atoms with Gasteiger partial charge in [-0.05, 0) is 30.3 Å². The third kappa shape index (κ3) is 2.18. The number of para-hydroxylation sites is 2. The van der Waals surface area contributed by atoms with E-state index in [-0.39, 0.29) is 17.2 Å². The molecule has 0 unspecified atom stereocenters. The Morgan fingerprint density at radius 1 is 1.25 bits per heavy atom. The van der Waals surface area contributed by atoms with Crippen molar-refractivity contribution in [2.24, 2.45) is 0 Å². The van der Waals surface area contributed by atoms with Crippen molar-refractivity contribution in [1.82, 2.24) is 9.97 Å². The number of halogens is 1. The van der Waals surface area contributed by atoms with Crippen LogP contribution in [0.1, 0.15) is 10.4 Å². The van der Waals surface area contributed by atoms with Gasteiger partial charge in [0.2, 0.25) is 5.95 Å². The van der Waals surface area contributed by atoms with Gasteiger partial charge < -0.3 is 10.7 Å². The molecule has 0 radical (unpaired) electrons. The van der Waals surface area contributed by atoms with Crippen LogP contribution in [0.2, 0.25) is 0 Å². The lowest BCUT2D eigenvalue weighted by molar-refractivity contribution is 0.102. The van der Waals surface area contributed by atoms with E-state index >= 15 is 0 Å². The maximum atomic E-state index is 13.6. The molecule has 0 saturated heterocycles. The average molecular weight is 270 g/mol. The zero-order chi connectivity index (χ0) is 14.1. The van der Waals surface area contributed by atoms with Gasteiger partial charge in [0.1, 0.15) is 5.82 Å². The van der Waals surface area contributed by atoms with Gasteiger partial charge in [0, 0.05) is 5.69 Å². The third-order valence-corrected chi connectivity index (χ3v) is 2.86. The fraction of sp³-hybridized carbons (Fsp3) is 0. The van der Waals surface area contributed by atoms with Gasteiger partial charge in [-0.2, -0.15) is 0 Å². The largest absolute Gasteiger partial charge is 0.399 e. The standard InChI is InChI=1S/C14H11FN4O/c15-10-7-8(16)5-6-9(10)13(20)19-14-17-11-3-1-2-4-12(11)18-14/h1-7H,16H2,(H2,17,18,19,20). The number of hydrogen-bond acceptors (Lipinski definition) is 3. The molecule has 1 aromatic heterocycles. The summed E-state index contributed by atoms with van der Waals surface area (Å²) >= 11 is 0. The molecule has 1 heterocycles. The van der Waals surface area contributed by atoms with Gasteiger partial charge in [-0.25, -0.2) is 9.37 Å². The van der Waals surface area contributed by atoms with Crippen LogP contribution >= 0.6 is 0 Å². The van der Waals surface area contributed by atoms with E-state index in [2.05, 4.69) is 15.3 Å². The first-order valence-electron chi connectivity index (χ1n) is 5.94. The Bertz CT molecular complexity index is 764. The summed E-state index contributed by atoms with van der Waals surface area (Å²) in [7, 11) is 0. The van der Waals surface area contributed by atoms with Crippen molar-refractivity contribution in [2.75, 3.05) is 11.1 Å². The monoisotopic (exact) mass is 270 g/mol. The molecule has 3 rings (SSSR count). The Balaban J connectivity index is 1.88. The number of fused-ring (bicyclic) bond motifs is 1. The number of nitrogens with zero attached hydrogens (tertiary/aromatic N) is 1. The molecule has 5 nitrogen and oxygen atoms in total. The molecule has 3 aromatic rings. The summed E-state index contributed by atoms with van der Waals surface area (Å²) in [6, 6.07) is 11.3. The summed E-state index contributed by atoms with van der Waals surface area (Å²) in [4.78, 5) is 19.1. The molecule has 0 saturated carbocycles. The van der Waals surface area contributed by atoms with Crippen LogP contribution in [0.5, 0.6) is 0 Å². The average Bonchev–Trinajstić information content (AvgIpc) is 2.80. The van der Waals surface area contributed by atoms with Crippen molar-refractivity contribution in [1.29, 1.82) is 0 Å². The normalized spacial score (nSPS) is 10.7. The van der Waals surface area contributed by atoms with E-state index in [4.69, 9.17) is 5.73 Å². The fourth-order valence-corrected chi connectivity index (χ4v) is 1.90. The van der Waals surface area contributed by atoms with E-state index in [9.17, 15) is 9.18 Å². The van der Waals surface area contributed by atoms with Crippen molar-refractivity contribution in [3.05, 3.63) is 53.8 Å². The Morgan fingerprint density at radius 2 is 2.05 bits per heavy atom. The van der Waals surface area contributed by atoms with Crippen LogP contribution < -0.4 is 11.1 Å². The highest BCUT2D eigenvalue weighted by molar-refractivity contribution is 6.04. The van der Waals surface area contributed by atoms with E-state index in [1.807, 2.05) is 24.3 Å². The lowest BCUT2D eigenvalue weighted by Crippen LogP contribution is -2.14. The highest BCUT2D eigenvalue weighted by Crippen LogP contribution is 2.16. The number of H-pyrrole nitrogens is 1. The van der Waals surface area contributed by atoms with E-state index in [1.54, 1.807) is 0 Å². The molecule has 1 amide bonds. The van der Waals surface area contributed by atoms with Crippen LogP contribution in [-0.2, 0) is 0 Å². The molecule has 0 aliphatic carbocycles. The predicted octanol–water partition coefficient (Wildman–Crippen LogP) is 2.54. The molecule has 0 spiro atoms. The topological polar surface area (TPSA) is 83.8 Å². The zero-order valence-corrected chi connectivity index (χ0v) is 10.4. The quantitative estimate of drug-likeness (QED) is 0.626. The second-order valence-electron chi connectivity index (χ2n) is 4.30.